The molecular formula is C23H19N. The first-order valence-corrected chi connectivity index (χ1v) is 8.05. The first kappa shape index (κ1) is 15.8. The topological polar surface area (TPSA) is 12.4 Å². The molecule has 0 aromatic heterocycles. The molecule has 0 heterocycles. The zero-order chi connectivity index (χ0) is 16.6. The van der Waals surface area contributed by atoms with Gasteiger partial charge in [-0.25, -0.2) is 0 Å². The summed E-state index contributed by atoms with van der Waals surface area (Å²) in [4.78, 5) is 5.05. The Bertz CT molecular complexity index is 786. The van der Waals surface area contributed by atoms with Gasteiger partial charge in [0.15, 0.2) is 0 Å². The molecule has 1 unspecified atom stereocenters. The SMILES string of the molecule is C#CCC(N=C(c1ccccc1)c1ccccc1)c1ccccc1. The lowest BCUT2D eigenvalue weighted by molar-refractivity contribution is 0.758. The Kier molecular flexibility index (Phi) is 5.22. The second-order valence-corrected chi connectivity index (χ2v) is 5.54. The summed E-state index contributed by atoms with van der Waals surface area (Å²) in [6.07, 6.45) is 6.18. The average Bonchev–Trinajstić information content (AvgIpc) is 2.67. The molecule has 0 aliphatic carbocycles. The standard InChI is InChI=1S/C23H19N/c1-2-12-22(19-13-6-3-7-14-19)24-23(20-15-8-4-9-16-20)21-17-10-5-11-18-21/h1,3-11,13-18,22H,12H2. The van der Waals surface area contributed by atoms with Gasteiger partial charge >= 0.3 is 0 Å². The Labute approximate surface area is 143 Å². The quantitative estimate of drug-likeness (QED) is 0.448. The number of hydrogen-bond acceptors (Lipinski definition) is 1. The highest BCUT2D eigenvalue weighted by Gasteiger charge is 2.13. The zero-order valence-electron chi connectivity index (χ0n) is 13.5. The van der Waals surface area contributed by atoms with E-state index < -0.39 is 0 Å². The van der Waals surface area contributed by atoms with Crippen LogP contribution >= 0.6 is 0 Å². The van der Waals surface area contributed by atoms with Crippen molar-refractivity contribution in [3.05, 3.63) is 108 Å². The largest absolute Gasteiger partial charge is 0.275 e. The first-order valence-electron chi connectivity index (χ1n) is 8.05. The summed E-state index contributed by atoms with van der Waals surface area (Å²) in [6, 6.07) is 30.7. The van der Waals surface area contributed by atoms with Crippen LogP contribution in [0, 0.1) is 12.3 Å². The van der Waals surface area contributed by atoms with Crippen LogP contribution in [0.5, 0.6) is 0 Å². The van der Waals surface area contributed by atoms with Crippen LogP contribution in [0.25, 0.3) is 0 Å². The van der Waals surface area contributed by atoms with Crippen molar-refractivity contribution in [3.8, 4) is 12.3 Å². The monoisotopic (exact) mass is 309 g/mol. The van der Waals surface area contributed by atoms with Gasteiger partial charge in [-0.1, -0.05) is 91.0 Å². The van der Waals surface area contributed by atoms with Gasteiger partial charge in [0.05, 0.1) is 11.8 Å². The number of nitrogens with zero attached hydrogens (tertiary/aromatic N) is 1. The van der Waals surface area contributed by atoms with Crippen molar-refractivity contribution >= 4 is 5.71 Å². The molecule has 24 heavy (non-hydrogen) atoms. The summed E-state index contributed by atoms with van der Waals surface area (Å²) in [5, 5.41) is 0. The van der Waals surface area contributed by atoms with Crippen molar-refractivity contribution in [2.24, 2.45) is 4.99 Å². The minimum absolute atomic E-state index is 0.0494. The highest BCUT2D eigenvalue weighted by atomic mass is 14.8. The smallest absolute Gasteiger partial charge is 0.0865 e. The van der Waals surface area contributed by atoms with Crippen LogP contribution in [0.3, 0.4) is 0 Å². The second-order valence-electron chi connectivity index (χ2n) is 5.54. The fourth-order valence-corrected chi connectivity index (χ4v) is 2.69. The normalized spacial score (nSPS) is 11.3. The molecule has 0 fully saturated rings. The van der Waals surface area contributed by atoms with Gasteiger partial charge in [0.1, 0.15) is 0 Å². The van der Waals surface area contributed by atoms with E-state index in [0.717, 1.165) is 22.4 Å². The van der Waals surface area contributed by atoms with Crippen molar-refractivity contribution < 1.29 is 0 Å². The molecule has 0 aliphatic heterocycles. The summed E-state index contributed by atoms with van der Waals surface area (Å²) in [5.41, 5.74) is 4.31. The van der Waals surface area contributed by atoms with Crippen LogP contribution in [0.2, 0.25) is 0 Å². The van der Waals surface area contributed by atoms with E-state index in [-0.39, 0.29) is 6.04 Å². The molecule has 0 radical (unpaired) electrons. The lowest BCUT2D eigenvalue weighted by Crippen LogP contribution is -2.07. The Hall–Kier alpha value is -3.11. The molecule has 0 N–H and O–H groups in total. The van der Waals surface area contributed by atoms with E-state index in [2.05, 4.69) is 42.3 Å². The van der Waals surface area contributed by atoms with Crippen molar-refractivity contribution in [3.63, 3.8) is 0 Å². The van der Waals surface area contributed by atoms with E-state index in [1.54, 1.807) is 0 Å². The van der Waals surface area contributed by atoms with Crippen LogP contribution in [0.1, 0.15) is 29.2 Å². The molecule has 0 bridgehead atoms. The Balaban J connectivity index is 2.10. The molecule has 0 saturated carbocycles. The number of hydrogen-bond donors (Lipinski definition) is 0. The molecule has 116 valence electrons. The lowest BCUT2D eigenvalue weighted by atomic mass is 10.00. The fourth-order valence-electron chi connectivity index (χ4n) is 2.69. The third-order valence-electron chi connectivity index (χ3n) is 3.87. The van der Waals surface area contributed by atoms with Crippen LogP contribution in [-0.2, 0) is 0 Å². The highest BCUT2D eigenvalue weighted by molar-refractivity contribution is 6.13. The van der Waals surface area contributed by atoms with Gasteiger partial charge < -0.3 is 0 Å². The van der Waals surface area contributed by atoms with E-state index >= 15 is 0 Å². The van der Waals surface area contributed by atoms with Gasteiger partial charge in [0, 0.05) is 17.5 Å². The van der Waals surface area contributed by atoms with Gasteiger partial charge in [-0.2, -0.15) is 0 Å². The maximum Gasteiger partial charge on any atom is 0.0865 e. The van der Waals surface area contributed by atoms with E-state index in [9.17, 15) is 0 Å². The van der Waals surface area contributed by atoms with Crippen molar-refractivity contribution in [1.29, 1.82) is 0 Å². The van der Waals surface area contributed by atoms with Crippen molar-refractivity contribution in [2.45, 2.75) is 12.5 Å². The van der Waals surface area contributed by atoms with Crippen molar-refractivity contribution in [2.75, 3.05) is 0 Å². The Morgan fingerprint density at radius 2 is 1.21 bits per heavy atom. The predicted molar refractivity (Wildman–Crippen MR) is 101 cm³/mol. The number of rotatable bonds is 5. The van der Waals surface area contributed by atoms with Gasteiger partial charge in [0.25, 0.3) is 0 Å². The highest BCUT2D eigenvalue weighted by Crippen LogP contribution is 2.23. The minimum Gasteiger partial charge on any atom is -0.275 e. The molecule has 1 heteroatoms. The molecule has 3 aromatic carbocycles. The van der Waals surface area contributed by atoms with E-state index in [1.807, 2.05) is 54.6 Å². The van der Waals surface area contributed by atoms with Crippen LogP contribution in [0.15, 0.2) is 96.0 Å². The number of benzene rings is 3. The molecule has 0 spiro atoms. The van der Waals surface area contributed by atoms with Gasteiger partial charge in [0.2, 0.25) is 0 Å². The van der Waals surface area contributed by atoms with Gasteiger partial charge in [-0.15, -0.1) is 12.3 Å². The Morgan fingerprint density at radius 1 is 0.750 bits per heavy atom. The molecule has 0 aliphatic rings. The van der Waals surface area contributed by atoms with E-state index in [4.69, 9.17) is 11.4 Å². The summed E-state index contributed by atoms with van der Waals surface area (Å²) < 4.78 is 0. The lowest BCUT2D eigenvalue weighted by Gasteiger charge is -2.14. The number of terminal acetylenes is 1. The van der Waals surface area contributed by atoms with Crippen LogP contribution < -0.4 is 0 Å². The summed E-state index contributed by atoms with van der Waals surface area (Å²) in [6.45, 7) is 0. The molecule has 0 amide bonds. The maximum absolute atomic E-state index is 5.60. The first-order chi connectivity index (χ1) is 11.9. The van der Waals surface area contributed by atoms with Gasteiger partial charge in [-0.3, -0.25) is 4.99 Å². The van der Waals surface area contributed by atoms with E-state index in [1.165, 1.54) is 0 Å². The molecular weight excluding hydrogens is 290 g/mol. The van der Waals surface area contributed by atoms with Crippen LogP contribution in [-0.4, -0.2) is 5.71 Å². The summed E-state index contributed by atoms with van der Waals surface area (Å²) >= 11 is 0. The molecule has 1 nitrogen and oxygen atoms in total. The Morgan fingerprint density at radius 3 is 1.67 bits per heavy atom. The predicted octanol–water partition coefficient (Wildman–Crippen LogP) is 5.29. The van der Waals surface area contributed by atoms with Crippen molar-refractivity contribution in [1.82, 2.24) is 0 Å². The van der Waals surface area contributed by atoms with Gasteiger partial charge in [-0.05, 0) is 5.56 Å². The maximum atomic E-state index is 5.60. The minimum atomic E-state index is -0.0494. The molecule has 3 aromatic rings. The molecule has 1 atom stereocenters. The number of aliphatic imine (C=N–C) groups is 1. The summed E-state index contributed by atoms with van der Waals surface area (Å²) in [5.74, 6) is 2.77. The second kappa shape index (κ2) is 7.94. The third-order valence-corrected chi connectivity index (χ3v) is 3.87. The van der Waals surface area contributed by atoms with Crippen LogP contribution in [0.4, 0.5) is 0 Å². The summed E-state index contributed by atoms with van der Waals surface area (Å²) in [7, 11) is 0. The van der Waals surface area contributed by atoms with E-state index in [0.29, 0.717) is 6.42 Å². The molecule has 0 saturated heterocycles. The fraction of sp³-hybridized carbons (Fsp3) is 0.0870. The third kappa shape index (κ3) is 3.80. The average molecular weight is 309 g/mol. The zero-order valence-corrected chi connectivity index (χ0v) is 13.5. The molecule has 3 rings (SSSR count).